The van der Waals surface area contributed by atoms with Gasteiger partial charge in [0.1, 0.15) is 0 Å². The van der Waals surface area contributed by atoms with Gasteiger partial charge in [-0.2, -0.15) is 0 Å². The lowest BCUT2D eigenvalue weighted by Crippen LogP contribution is -2.45. The average Bonchev–Trinajstić information content (AvgIpc) is 3.23. The highest BCUT2D eigenvalue weighted by atomic mass is 16.3. The van der Waals surface area contributed by atoms with Crippen LogP contribution in [0.25, 0.3) is 0 Å². The number of hydrogen-bond donors (Lipinski definition) is 3. The van der Waals surface area contributed by atoms with Crippen LogP contribution in [0.1, 0.15) is 232 Å². The first-order valence-electron chi connectivity index (χ1n) is 24.8. The molecule has 0 aromatic heterocycles. The fourth-order valence-corrected chi connectivity index (χ4v) is 7.08. The zero-order valence-electron chi connectivity index (χ0n) is 38.3. The summed E-state index contributed by atoms with van der Waals surface area (Å²) >= 11 is 0. The number of nitrogens with one attached hydrogen (secondary N) is 1. The highest BCUT2D eigenvalue weighted by Crippen LogP contribution is 2.15. The van der Waals surface area contributed by atoms with Gasteiger partial charge in [0.15, 0.2) is 0 Å². The van der Waals surface area contributed by atoms with Crippen molar-refractivity contribution in [3.05, 3.63) is 85.1 Å². The van der Waals surface area contributed by atoms with Crippen LogP contribution in [0.2, 0.25) is 0 Å². The van der Waals surface area contributed by atoms with Crippen molar-refractivity contribution in [2.75, 3.05) is 6.61 Å². The highest BCUT2D eigenvalue weighted by molar-refractivity contribution is 5.76. The van der Waals surface area contributed by atoms with Crippen molar-refractivity contribution in [3.8, 4) is 0 Å². The molecule has 0 radical (unpaired) electrons. The van der Waals surface area contributed by atoms with E-state index in [4.69, 9.17) is 0 Å². The zero-order valence-corrected chi connectivity index (χ0v) is 38.3. The Kier molecular flexibility index (Phi) is 46.9. The molecule has 0 saturated heterocycles. The molecule has 3 N–H and O–H groups in total. The van der Waals surface area contributed by atoms with Gasteiger partial charge in [0.25, 0.3) is 0 Å². The average molecular weight is 806 g/mol. The van der Waals surface area contributed by atoms with Crippen LogP contribution in [0, 0.1) is 0 Å². The van der Waals surface area contributed by atoms with Gasteiger partial charge in [-0.3, -0.25) is 4.79 Å². The fraction of sp³-hybridized carbons (Fsp3) is 0.722. The Morgan fingerprint density at radius 3 is 1.21 bits per heavy atom. The summed E-state index contributed by atoms with van der Waals surface area (Å²) in [7, 11) is 0. The summed E-state index contributed by atoms with van der Waals surface area (Å²) in [4.78, 5) is 12.4. The molecule has 0 aromatic carbocycles. The first kappa shape index (κ1) is 55.6. The van der Waals surface area contributed by atoms with Crippen LogP contribution in [0.5, 0.6) is 0 Å². The molecule has 0 bridgehead atoms. The van der Waals surface area contributed by atoms with E-state index in [0.29, 0.717) is 6.42 Å². The molecule has 0 aromatic rings. The summed E-state index contributed by atoms with van der Waals surface area (Å²) in [5.41, 5.74) is 0. The minimum Gasteiger partial charge on any atom is -0.394 e. The third-order valence-electron chi connectivity index (χ3n) is 10.8. The Morgan fingerprint density at radius 1 is 0.431 bits per heavy atom. The normalized spacial score (nSPS) is 13.7. The topological polar surface area (TPSA) is 69.6 Å². The summed E-state index contributed by atoms with van der Waals surface area (Å²) in [5.74, 6) is -0.0810. The summed E-state index contributed by atoms with van der Waals surface area (Å²) < 4.78 is 0. The van der Waals surface area contributed by atoms with E-state index in [2.05, 4.69) is 92.1 Å². The van der Waals surface area contributed by atoms with Crippen LogP contribution in [-0.2, 0) is 4.79 Å². The molecule has 0 spiro atoms. The maximum atomic E-state index is 12.4. The maximum Gasteiger partial charge on any atom is 0.220 e. The van der Waals surface area contributed by atoms with Gasteiger partial charge in [0.05, 0.1) is 18.8 Å². The van der Waals surface area contributed by atoms with Crippen LogP contribution < -0.4 is 5.32 Å². The van der Waals surface area contributed by atoms with E-state index in [1.165, 1.54) is 148 Å². The minimum absolute atomic E-state index is 0.0810. The SMILES string of the molecule is CC/C=C\C/C=C\C/C=C\C/C=C\CCCCCCCCCCCCCCCCC(=O)NC(CO)C(O)/C=C/CC/C=C/CC/C=C/CCCCCCCCCCC. The Balaban J connectivity index is 3.60. The van der Waals surface area contributed by atoms with Crippen LogP contribution in [0.3, 0.4) is 0 Å². The van der Waals surface area contributed by atoms with Crippen LogP contribution in [-0.4, -0.2) is 34.9 Å². The standard InChI is InChI=1S/C54H95NO3/c1-3-5-7-9-11-13-15-17-19-21-23-24-25-26-27-28-29-30-32-34-36-38-40-42-44-46-48-50-54(58)55-52(51-56)53(57)49-47-45-43-41-39-37-35-33-31-22-20-18-16-14-12-10-8-6-4-2/h5,7,11,13,17,19,23-24,31,33,39,41,47,49,52-53,56-57H,3-4,6,8-10,12,14-16,18,20-22,25-30,32,34-38,40,42-46,48,50-51H2,1-2H3,(H,55,58)/b7-5-,13-11-,19-17-,24-23-,33-31+,41-39+,49-47+. The van der Waals surface area contributed by atoms with Crippen molar-refractivity contribution in [3.63, 3.8) is 0 Å². The molecular formula is C54H95NO3. The number of unbranched alkanes of at least 4 members (excludes halogenated alkanes) is 25. The molecule has 0 saturated carbocycles. The second kappa shape index (κ2) is 48.9. The lowest BCUT2D eigenvalue weighted by Gasteiger charge is -2.19. The predicted octanol–water partition coefficient (Wildman–Crippen LogP) is 16.0. The molecule has 2 unspecified atom stereocenters. The van der Waals surface area contributed by atoms with Crippen molar-refractivity contribution >= 4 is 5.91 Å². The van der Waals surface area contributed by atoms with E-state index in [9.17, 15) is 15.0 Å². The molecular weight excluding hydrogens is 711 g/mol. The molecule has 0 rings (SSSR count). The highest BCUT2D eigenvalue weighted by Gasteiger charge is 2.17. The number of aliphatic hydroxyl groups excluding tert-OH is 2. The van der Waals surface area contributed by atoms with Crippen molar-refractivity contribution in [2.45, 2.75) is 244 Å². The van der Waals surface area contributed by atoms with Gasteiger partial charge in [-0.1, -0.05) is 227 Å². The Labute approximate surface area is 361 Å². The number of aliphatic hydroxyl groups is 2. The second-order valence-electron chi connectivity index (χ2n) is 16.5. The molecule has 4 nitrogen and oxygen atoms in total. The molecule has 2 atom stereocenters. The number of rotatable bonds is 44. The molecule has 0 fully saturated rings. The number of carbonyl (C=O) groups excluding carboxylic acids is 1. The molecule has 4 heteroatoms. The van der Waals surface area contributed by atoms with E-state index in [1.54, 1.807) is 6.08 Å². The number of carbonyl (C=O) groups is 1. The number of hydrogen-bond acceptors (Lipinski definition) is 3. The van der Waals surface area contributed by atoms with Gasteiger partial charge in [-0.25, -0.2) is 0 Å². The lowest BCUT2D eigenvalue weighted by atomic mass is 10.0. The monoisotopic (exact) mass is 806 g/mol. The van der Waals surface area contributed by atoms with E-state index >= 15 is 0 Å². The molecule has 0 aliphatic rings. The number of amides is 1. The second-order valence-corrected chi connectivity index (χ2v) is 16.5. The van der Waals surface area contributed by atoms with Crippen LogP contribution >= 0.6 is 0 Å². The van der Waals surface area contributed by atoms with Gasteiger partial charge < -0.3 is 15.5 Å². The molecule has 1 amide bonds. The van der Waals surface area contributed by atoms with E-state index in [-0.39, 0.29) is 12.5 Å². The van der Waals surface area contributed by atoms with Gasteiger partial charge in [-0.05, 0) is 83.5 Å². The predicted molar refractivity (Wildman–Crippen MR) is 257 cm³/mol. The molecule has 0 heterocycles. The molecule has 0 aliphatic heterocycles. The maximum absolute atomic E-state index is 12.4. The van der Waals surface area contributed by atoms with Crippen molar-refractivity contribution in [1.82, 2.24) is 5.32 Å². The molecule has 58 heavy (non-hydrogen) atoms. The lowest BCUT2D eigenvalue weighted by molar-refractivity contribution is -0.123. The first-order chi connectivity index (χ1) is 28.7. The summed E-state index contributed by atoms with van der Waals surface area (Å²) in [6, 6.07) is -0.650. The first-order valence-corrected chi connectivity index (χ1v) is 24.8. The summed E-state index contributed by atoms with van der Waals surface area (Å²) in [6.07, 6.45) is 71.4. The Morgan fingerprint density at radius 2 is 0.776 bits per heavy atom. The van der Waals surface area contributed by atoms with E-state index < -0.39 is 12.1 Å². The fourth-order valence-electron chi connectivity index (χ4n) is 7.08. The molecule has 0 aliphatic carbocycles. The van der Waals surface area contributed by atoms with Crippen molar-refractivity contribution in [2.24, 2.45) is 0 Å². The zero-order chi connectivity index (χ0) is 42.1. The van der Waals surface area contributed by atoms with Gasteiger partial charge in [0, 0.05) is 6.42 Å². The summed E-state index contributed by atoms with van der Waals surface area (Å²) in [5, 5.41) is 23.1. The Bertz CT molecular complexity index is 1050. The van der Waals surface area contributed by atoms with Crippen molar-refractivity contribution < 1.29 is 15.0 Å². The van der Waals surface area contributed by atoms with Gasteiger partial charge in [0.2, 0.25) is 5.91 Å². The van der Waals surface area contributed by atoms with E-state index in [0.717, 1.165) is 64.2 Å². The third-order valence-corrected chi connectivity index (χ3v) is 10.8. The van der Waals surface area contributed by atoms with E-state index in [1.807, 2.05) is 6.08 Å². The number of allylic oxidation sites excluding steroid dienone is 13. The van der Waals surface area contributed by atoms with Gasteiger partial charge in [-0.15, -0.1) is 0 Å². The third kappa shape index (κ3) is 44.7. The smallest absolute Gasteiger partial charge is 0.220 e. The van der Waals surface area contributed by atoms with Crippen LogP contribution in [0.15, 0.2) is 85.1 Å². The largest absolute Gasteiger partial charge is 0.394 e. The summed E-state index contributed by atoms with van der Waals surface area (Å²) in [6.45, 7) is 4.18. The van der Waals surface area contributed by atoms with Gasteiger partial charge >= 0.3 is 0 Å². The van der Waals surface area contributed by atoms with Crippen molar-refractivity contribution in [1.29, 1.82) is 0 Å². The minimum atomic E-state index is -0.874. The Hall–Kier alpha value is -2.43. The van der Waals surface area contributed by atoms with Crippen LogP contribution in [0.4, 0.5) is 0 Å². The molecule has 334 valence electrons. The quantitative estimate of drug-likeness (QED) is 0.0424.